The Balaban J connectivity index is 0.000000162. The number of aromatic amines is 2. The van der Waals surface area contributed by atoms with Gasteiger partial charge in [0.2, 0.25) is 0 Å². The third kappa shape index (κ3) is 5.64. The van der Waals surface area contributed by atoms with Crippen molar-refractivity contribution in [3.63, 3.8) is 0 Å². The van der Waals surface area contributed by atoms with E-state index in [9.17, 15) is 14.3 Å². The molecule has 0 saturated heterocycles. The van der Waals surface area contributed by atoms with Crippen LogP contribution in [0.4, 0.5) is 4.39 Å². The Kier molecular flexibility index (Phi) is 7.75. The molecule has 0 fully saturated rings. The van der Waals surface area contributed by atoms with Crippen LogP contribution in [0.2, 0.25) is 5.02 Å². The molecule has 0 bridgehead atoms. The molecule has 4 aromatic heterocycles. The van der Waals surface area contributed by atoms with Gasteiger partial charge in [-0.1, -0.05) is 17.7 Å². The third-order valence-corrected chi connectivity index (χ3v) is 6.57. The molecule has 0 aliphatic carbocycles. The van der Waals surface area contributed by atoms with Gasteiger partial charge < -0.3 is 5.11 Å². The minimum atomic E-state index is -1.11. The summed E-state index contributed by atoms with van der Waals surface area (Å²) in [6.45, 7) is 1.99. The van der Waals surface area contributed by atoms with E-state index in [2.05, 4.69) is 36.4 Å². The molecule has 198 valence electrons. The molecule has 0 atom stereocenters. The zero-order valence-corrected chi connectivity index (χ0v) is 21.9. The van der Waals surface area contributed by atoms with Crippen LogP contribution in [0.5, 0.6) is 0 Å². The average Bonchev–Trinajstić information content (AvgIpc) is 3.65. The van der Waals surface area contributed by atoms with Crippen molar-refractivity contribution in [1.82, 2.24) is 30.4 Å². The van der Waals surface area contributed by atoms with Crippen LogP contribution < -0.4 is 0 Å². The quantitative estimate of drug-likeness (QED) is 0.210. The summed E-state index contributed by atoms with van der Waals surface area (Å²) in [5.41, 5.74) is 7.47. The first-order chi connectivity index (χ1) is 19.4. The number of nitrogens with one attached hydrogen (secondary N) is 2. The van der Waals surface area contributed by atoms with Gasteiger partial charge in [-0.2, -0.15) is 10.2 Å². The fourth-order valence-electron chi connectivity index (χ4n) is 4.17. The van der Waals surface area contributed by atoms with Crippen LogP contribution in [0.1, 0.15) is 16.1 Å². The highest BCUT2D eigenvalue weighted by atomic mass is 35.5. The normalized spacial score (nSPS) is 10.6. The molecule has 0 spiro atoms. The van der Waals surface area contributed by atoms with Crippen LogP contribution in [-0.4, -0.2) is 41.4 Å². The lowest BCUT2D eigenvalue weighted by molar-refractivity contribution is 0.0691. The number of aromatic carboxylic acids is 1. The van der Waals surface area contributed by atoms with Gasteiger partial charge in [0.1, 0.15) is 11.5 Å². The van der Waals surface area contributed by atoms with Crippen LogP contribution in [-0.2, 0) is 0 Å². The van der Waals surface area contributed by atoms with Crippen molar-refractivity contribution in [2.24, 2.45) is 0 Å². The second-order valence-electron chi connectivity index (χ2n) is 8.73. The van der Waals surface area contributed by atoms with E-state index in [0.717, 1.165) is 33.0 Å². The van der Waals surface area contributed by atoms with Crippen molar-refractivity contribution in [1.29, 1.82) is 0 Å². The molecule has 4 heterocycles. The number of hydrogen-bond donors (Lipinski definition) is 3. The lowest BCUT2D eigenvalue weighted by Crippen LogP contribution is -1.99. The van der Waals surface area contributed by atoms with Gasteiger partial charge in [-0.05, 0) is 84.3 Å². The second kappa shape index (κ2) is 11.7. The predicted octanol–water partition coefficient (Wildman–Crippen LogP) is 7.08. The number of aromatic nitrogens is 6. The molecule has 0 saturated carbocycles. The minimum Gasteiger partial charge on any atom is -0.477 e. The Morgan fingerprint density at radius 2 is 1.45 bits per heavy atom. The lowest BCUT2D eigenvalue weighted by atomic mass is 10.00. The van der Waals surface area contributed by atoms with Gasteiger partial charge in [0.05, 0.1) is 11.9 Å². The summed E-state index contributed by atoms with van der Waals surface area (Å²) in [5, 5.41) is 23.8. The molecule has 0 aliphatic rings. The van der Waals surface area contributed by atoms with E-state index in [1.807, 2.05) is 37.4 Å². The van der Waals surface area contributed by atoms with Gasteiger partial charge in [0, 0.05) is 52.1 Å². The monoisotopic (exact) mass is 552 g/mol. The van der Waals surface area contributed by atoms with Crippen molar-refractivity contribution in [3.05, 3.63) is 120 Å². The number of nitrogens with zero attached hydrogens (tertiary/aromatic N) is 4. The molecule has 10 heteroatoms. The van der Waals surface area contributed by atoms with Gasteiger partial charge >= 0.3 is 5.97 Å². The number of halogens is 2. The SMILES string of the molecule is Cc1cc(-c2[nH]ncc2-c2ccncc2)ccc1Cl.O=C(O)c1[nH]nc(-c2ccc(F)cc2)c1-c1ccncc1. The molecule has 0 radical (unpaired) electrons. The molecule has 40 heavy (non-hydrogen) atoms. The molecular formula is C30H22ClFN6O2. The first kappa shape index (κ1) is 26.5. The zero-order valence-electron chi connectivity index (χ0n) is 21.1. The van der Waals surface area contributed by atoms with Gasteiger partial charge in [-0.25, -0.2) is 9.18 Å². The number of carbonyl (C=O) groups is 1. The topological polar surface area (TPSA) is 120 Å². The molecular weight excluding hydrogens is 531 g/mol. The first-order valence-corrected chi connectivity index (χ1v) is 12.5. The number of benzene rings is 2. The molecule has 0 unspecified atom stereocenters. The third-order valence-electron chi connectivity index (χ3n) is 6.14. The molecule has 6 aromatic rings. The molecule has 0 amide bonds. The highest BCUT2D eigenvalue weighted by Gasteiger charge is 2.21. The van der Waals surface area contributed by atoms with Crippen LogP contribution in [0, 0.1) is 12.7 Å². The number of carboxylic acid groups (broad SMARTS) is 1. The van der Waals surface area contributed by atoms with Gasteiger partial charge in [-0.15, -0.1) is 0 Å². The number of pyridine rings is 2. The number of carboxylic acids is 1. The van der Waals surface area contributed by atoms with Crippen molar-refractivity contribution in [2.45, 2.75) is 6.92 Å². The summed E-state index contributed by atoms with van der Waals surface area (Å²) in [5.74, 6) is -1.47. The van der Waals surface area contributed by atoms with E-state index in [0.29, 0.717) is 22.4 Å². The fourth-order valence-corrected chi connectivity index (χ4v) is 4.29. The molecule has 6 rings (SSSR count). The Morgan fingerprint density at radius 3 is 2.08 bits per heavy atom. The minimum absolute atomic E-state index is 0.0134. The van der Waals surface area contributed by atoms with E-state index >= 15 is 0 Å². The van der Waals surface area contributed by atoms with Gasteiger partial charge in [-0.3, -0.25) is 20.2 Å². The van der Waals surface area contributed by atoms with E-state index in [1.165, 1.54) is 12.1 Å². The predicted molar refractivity (Wildman–Crippen MR) is 151 cm³/mol. The lowest BCUT2D eigenvalue weighted by Gasteiger charge is -2.05. The second-order valence-corrected chi connectivity index (χ2v) is 9.14. The summed E-state index contributed by atoms with van der Waals surface area (Å²) >= 11 is 6.06. The summed E-state index contributed by atoms with van der Waals surface area (Å²) < 4.78 is 13.0. The van der Waals surface area contributed by atoms with Crippen LogP contribution in [0.3, 0.4) is 0 Å². The summed E-state index contributed by atoms with van der Waals surface area (Å²) in [6.07, 6.45) is 8.53. The zero-order chi connectivity index (χ0) is 28.1. The van der Waals surface area contributed by atoms with Crippen LogP contribution in [0.15, 0.2) is 97.7 Å². The average molecular weight is 553 g/mol. The first-order valence-electron chi connectivity index (χ1n) is 12.1. The smallest absolute Gasteiger partial charge is 0.354 e. The maximum atomic E-state index is 13.0. The molecule has 0 aliphatic heterocycles. The highest BCUT2D eigenvalue weighted by molar-refractivity contribution is 6.31. The van der Waals surface area contributed by atoms with Gasteiger partial charge in [0.15, 0.2) is 5.69 Å². The van der Waals surface area contributed by atoms with Crippen LogP contribution >= 0.6 is 11.6 Å². The fraction of sp³-hybridized carbons (Fsp3) is 0.0333. The number of aryl methyl sites for hydroxylation is 1. The molecule has 3 N–H and O–H groups in total. The maximum absolute atomic E-state index is 13.0. The van der Waals surface area contributed by atoms with Crippen molar-refractivity contribution >= 4 is 17.6 Å². The van der Waals surface area contributed by atoms with Crippen molar-refractivity contribution in [2.75, 3.05) is 0 Å². The molecule has 2 aromatic carbocycles. The summed E-state index contributed by atoms with van der Waals surface area (Å²) in [7, 11) is 0. The Hall–Kier alpha value is -5.15. The van der Waals surface area contributed by atoms with Crippen molar-refractivity contribution in [3.8, 4) is 44.8 Å². The van der Waals surface area contributed by atoms with E-state index in [1.54, 1.807) is 49.1 Å². The van der Waals surface area contributed by atoms with E-state index in [4.69, 9.17) is 11.6 Å². The number of H-pyrrole nitrogens is 2. The largest absolute Gasteiger partial charge is 0.477 e. The van der Waals surface area contributed by atoms with Gasteiger partial charge in [0.25, 0.3) is 0 Å². The van der Waals surface area contributed by atoms with Crippen molar-refractivity contribution < 1.29 is 14.3 Å². The standard InChI is InChI=1S/C15H12ClN3.C15H10FN3O2/c1-10-8-12(2-3-14(10)16)15-13(9-18-19-15)11-4-6-17-7-5-11;16-11-3-1-10(2-4-11)13-12(9-5-7-17-8-6-9)14(15(20)21)19-18-13/h2-9H,1H3,(H,18,19);1-8H,(H,18,19)(H,20,21). The Labute approximate surface area is 233 Å². The van der Waals surface area contributed by atoms with E-state index < -0.39 is 5.97 Å². The number of rotatable bonds is 5. The Morgan fingerprint density at radius 1 is 0.825 bits per heavy atom. The van der Waals surface area contributed by atoms with E-state index in [-0.39, 0.29) is 11.5 Å². The summed E-state index contributed by atoms with van der Waals surface area (Å²) in [6, 6.07) is 19.0. The highest BCUT2D eigenvalue weighted by Crippen LogP contribution is 2.33. The maximum Gasteiger partial charge on any atom is 0.354 e. The molecule has 8 nitrogen and oxygen atoms in total. The van der Waals surface area contributed by atoms with Crippen LogP contribution in [0.25, 0.3) is 44.8 Å². The summed E-state index contributed by atoms with van der Waals surface area (Å²) in [4.78, 5) is 19.3. The number of hydrogen-bond acceptors (Lipinski definition) is 5. The Bertz CT molecular complexity index is 1750.